The molecule has 276 valence electrons. The fourth-order valence-electron chi connectivity index (χ4n) is 4.25. The van der Waals surface area contributed by atoms with Crippen molar-refractivity contribution < 1.29 is 89.7 Å². The lowest BCUT2D eigenvalue weighted by Crippen LogP contribution is -2.37. The van der Waals surface area contributed by atoms with E-state index in [1.54, 1.807) is 0 Å². The Morgan fingerprint density at radius 2 is 0.918 bits per heavy atom. The molecule has 0 bridgehead atoms. The first-order valence-electron chi connectivity index (χ1n) is 12.9. The Hall–Kier alpha value is -2.32. The number of phosphoric ester groups is 2. The zero-order valence-corrected chi connectivity index (χ0v) is 27.3. The molecule has 2 fully saturated rings. The van der Waals surface area contributed by atoms with Gasteiger partial charge in [-0.15, -0.1) is 0 Å². The molecule has 12 atom stereocenters. The number of H-pyrrole nitrogens is 2. The minimum atomic E-state index is -6.24. The fourth-order valence-corrected chi connectivity index (χ4v) is 9.20. The number of hydrogen-bond acceptors (Lipinski definition) is 19. The first-order chi connectivity index (χ1) is 22.5. The van der Waals surface area contributed by atoms with Gasteiger partial charge < -0.3 is 49.5 Å². The van der Waals surface area contributed by atoms with Gasteiger partial charge in [0.15, 0.2) is 12.5 Å². The van der Waals surface area contributed by atoms with Crippen molar-refractivity contribution in [1.29, 1.82) is 0 Å². The number of aromatic amines is 2. The first-order valence-corrected chi connectivity index (χ1v) is 18.9. The van der Waals surface area contributed by atoms with E-state index in [9.17, 15) is 77.4 Å². The van der Waals surface area contributed by atoms with Gasteiger partial charge in [0.05, 0.1) is 13.2 Å². The van der Waals surface area contributed by atoms with Crippen LogP contribution in [0.3, 0.4) is 0 Å². The Morgan fingerprint density at radius 3 is 1.24 bits per heavy atom. The molecule has 0 radical (unpaired) electrons. The molecule has 0 spiro atoms. The van der Waals surface area contributed by atoms with Crippen LogP contribution in [-0.4, -0.2) is 109 Å². The molecule has 2 aliphatic rings. The highest BCUT2D eigenvalue weighted by atomic mass is 31.3. The number of aromatic nitrogens is 4. The van der Waals surface area contributed by atoms with Crippen LogP contribution >= 0.6 is 31.3 Å². The molecule has 2 aromatic heterocycles. The van der Waals surface area contributed by atoms with Gasteiger partial charge in [0.1, 0.15) is 36.6 Å². The van der Waals surface area contributed by atoms with Gasteiger partial charge in [-0.25, -0.2) is 27.8 Å². The largest absolute Gasteiger partial charge is 0.490 e. The summed E-state index contributed by atoms with van der Waals surface area (Å²) < 4.78 is 80.5. The summed E-state index contributed by atoms with van der Waals surface area (Å²) in [6.45, 7) is -2.43. The molecule has 0 amide bonds. The standard InChI is InChI=1S/C18H26N4O23P4/c23-9-1-3-21(17(29)19-9)15-13(27)11(25)7(41-15)5-39-46(31,32)43-48(35,36)45-49(37,38)44-47(33,34)40-6-8-12(26)14(28)16(42-8)22-4-2-10(24)20-18(22)30/h1-4,7-8,11-16,25-28H,5-6H2,(H,31,32)(H,33,34)(H,35,36)(H,37,38)(H,19,23,29)(H,20,24,30)/t7?,8?,11-,12-,13-,14-,15?,16?/m1/s1. The highest BCUT2D eigenvalue weighted by Gasteiger charge is 2.49. The highest BCUT2D eigenvalue weighted by molar-refractivity contribution is 7.69. The second kappa shape index (κ2) is 14.7. The summed E-state index contributed by atoms with van der Waals surface area (Å²) in [6.07, 6.45) is -12.6. The normalized spacial score (nSPS) is 32.2. The van der Waals surface area contributed by atoms with Crippen LogP contribution < -0.4 is 22.5 Å². The molecule has 0 saturated carbocycles. The van der Waals surface area contributed by atoms with Crippen LogP contribution in [0.1, 0.15) is 12.5 Å². The minimum Gasteiger partial charge on any atom is -0.387 e. The fraction of sp³-hybridized carbons (Fsp3) is 0.556. The van der Waals surface area contributed by atoms with E-state index in [2.05, 4.69) is 22.0 Å². The van der Waals surface area contributed by atoms with Crippen LogP contribution in [0.25, 0.3) is 0 Å². The summed E-state index contributed by atoms with van der Waals surface area (Å²) in [5.41, 5.74) is -3.78. The summed E-state index contributed by atoms with van der Waals surface area (Å²) in [7, 11) is -24.1. The van der Waals surface area contributed by atoms with Gasteiger partial charge in [0.2, 0.25) is 0 Å². The summed E-state index contributed by atoms with van der Waals surface area (Å²) >= 11 is 0. The maximum atomic E-state index is 12.2. The zero-order valence-electron chi connectivity index (χ0n) is 23.7. The van der Waals surface area contributed by atoms with E-state index < -0.39 is 116 Å². The van der Waals surface area contributed by atoms with Crippen molar-refractivity contribution in [3.8, 4) is 0 Å². The van der Waals surface area contributed by atoms with Gasteiger partial charge in [-0.2, -0.15) is 12.9 Å². The van der Waals surface area contributed by atoms with Crippen LogP contribution in [0.2, 0.25) is 0 Å². The molecule has 2 saturated heterocycles. The molecule has 2 aromatic rings. The Bertz CT molecular complexity index is 1820. The van der Waals surface area contributed by atoms with E-state index in [1.807, 2.05) is 9.97 Å². The number of hydrogen-bond donors (Lipinski definition) is 10. The van der Waals surface area contributed by atoms with Crippen LogP contribution in [0.4, 0.5) is 0 Å². The predicted molar refractivity (Wildman–Crippen MR) is 149 cm³/mol. The lowest BCUT2D eigenvalue weighted by molar-refractivity contribution is -0.0544. The monoisotopic (exact) mass is 790 g/mol. The average molecular weight is 790 g/mol. The maximum absolute atomic E-state index is 12.2. The van der Waals surface area contributed by atoms with Gasteiger partial charge in [-0.05, 0) is 0 Å². The van der Waals surface area contributed by atoms with Crippen LogP contribution in [0.15, 0.2) is 43.7 Å². The predicted octanol–water partition coefficient (Wildman–Crippen LogP) is -4.19. The van der Waals surface area contributed by atoms with E-state index in [1.165, 1.54) is 0 Å². The number of rotatable bonds is 14. The lowest BCUT2D eigenvalue weighted by Gasteiger charge is -2.21. The van der Waals surface area contributed by atoms with E-state index in [0.717, 1.165) is 24.5 Å². The van der Waals surface area contributed by atoms with Crippen LogP contribution in [0, 0.1) is 0 Å². The molecular weight excluding hydrogens is 764 g/mol. The summed E-state index contributed by atoms with van der Waals surface area (Å²) in [4.78, 5) is 89.1. The summed E-state index contributed by atoms with van der Waals surface area (Å²) in [5.74, 6) is 0. The Kier molecular flexibility index (Phi) is 11.9. The van der Waals surface area contributed by atoms with Crippen molar-refractivity contribution in [2.24, 2.45) is 0 Å². The number of nitrogens with one attached hydrogen (secondary N) is 2. The van der Waals surface area contributed by atoms with Crippen molar-refractivity contribution >= 4 is 31.3 Å². The highest BCUT2D eigenvalue weighted by Crippen LogP contribution is 2.71. The molecule has 4 heterocycles. The Balaban J connectivity index is 1.31. The third kappa shape index (κ3) is 9.93. The van der Waals surface area contributed by atoms with Gasteiger partial charge in [0, 0.05) is 24.5 Å². The van der Waals surface area contributed by atoms with E-state index in [0.29, 0.717) is 9.13 Å². The number of ether oxygens (including phenoxy) is 2. The smallest absolute Gasteiger partial charge is 0.387 e. The van der Waals surface area contributed by atoms with E-state index >= 15 is 0 Å². The first kappa shape index (κ1) is 39.5. The topological polar surface area (TPSA) is 404 Å². The van der Waals surface area contributed by atoms with Gasteiger partial charge in [0.25, 0.3) is 11.1 Å². The number of aliphatic hydroxyl groups is 4. The van der Waals surface area contributed by atoms with Gasteiger partial charge >= 0.3 is 42.7 Å². The number of aliphatic hydroxyl groups excluding tert-OH is 4. The molecule has 0 aromatic carbocycles. The SMILES string of the molecule is O=c1ccn(C2OC(COP(=O)(O)OP(=O)(O)OP(=O)(O)OP(=O)(O)OCC3OC(n4ccc(=O)[nH]c4=O)[C@H](O)[C@@H]3O)[C@@H](O)[C@H]2O)c(=O)[nH]1. The second-order valence-electron chi connectivity index (χ2n) is 9.84. The minimum absolute atomic E-state index is 0.642. The number of phosphoric acid groups is 4. The molecule has 49 heavy (non-hydrogen) atoms. The second-order valence-corrected chi connectivity index (χ2v) is 16.1. The van der Waals surface area contributed by atoms with E-state index in [4.69, 9.17) is 9.47 Å². The Morgan fingerprint density at radius 1 is 0.592 bits per heavy atom. The van der Waals surface area contributed by atoms with Gasteiger partial charge in [-0.1, -0.05) is 0 Å². The number of nitrogens with zero attached hydrogens (tertiary/aromatic N) is 2. The lowest BCUT2D eigenvalue weighted by atomic mass is 10.1. The molecule has 2 aliphatic heterocycles. The molecule has 31 heteroatoms. The third-order valence-corrected chi connectivity index (χ3v) is 12.3. The van der Waals surface area contributed by atoms with Crippen molar-refractivity contribution in [3.63, 3.8) is 0 Å². The molecule has 27 nitrogen and oxygen atoms in total. The van der Waals surface area contributed by atoms with Crippen molar-refractivity contribution in [3.05, 3.63) is 66.2 Å². The quantitative estimate of drug-likeness (QED) is 0.0811. The Labute approximate surface area is 268 Å². The van der Waals surface area contributed by atoms with Crippen LogP contribution in [-0.2, 0) is 49.7 Å². The van der Waals surface area contributed by atoms with E-state index in [-0.39, 0.29) is 0 Å². The van der Waals surface area contributed by atoms with Crippen molar-refractivity contribution in [2.45, 2.75) is 49.1 Å². The van der Waals surface area contributed by atoms with Crippen LogP contribution in [0.5, 0.6) is 0 Å². The molecule has 4 rings (SSSR count). The molecule has 10 N–H and O–H groups in total. The maximum Gasteiger partial charge on any atom is 0.490 e. The third-order valence-electron chi connectivity index (χ3n) is 6.35. The molecular formula is C18H26N4O23P4. The summed E-state index contributed by atoms with van der Waals surface area (Å²) in [6, 6.07) is 1.73. The zero-order chi connectivity index (χ0) is 36.7. The van der Waals surface area contributed by atoms with Gasteiger partial charge in [-0.3, -0.25) is 37.7 Å². The average Bonchev–Trinajstić information content (AvgIpc) is 3.38. The van der Waals surface area contributed by atoms with Crippen molar-refractivity contribution in [2.75, 3.05) is 13.2 Å². The molecule has 8 unspecified atom stereocenters. The summed E-state index contributed by atoms with van der Waals surface area (Å²) in [5, 5.41) is 40.7. The molecule has 0 aliphatic carbocycles. The van der Waals surface area contributed by atoms with Crippen molar-refractivity contribution in [1.82, 2.24) is 19.1 Å².